The molecule has 0 radical (unpaired) electrons. The number of rotatable bonds is 5. The van der Waals surface area contributed by atoms with Crippen molar-refractivity contribution >= 4 is 29.1 Å². The van der Waals surface area contributed by atoms with Crippen LogP contribution in [0.1, 0.15) is 42.5 Å². The number of amides is 2. The van der Waals surface area contributed by atoms with Crippen LogP contribution in [0.4, 0.5) is 5.69 Å². The predicted molar refractivity (Wildman–Crippen MR) is 84.8 cm³/mol. The maximum atomic E-state index is 12.4. The lowest BCUT2D eigenvalue weighted by molar-refractivity contribution is -0.116. The fourth-order valence-electron chi connectivity index (χ4n) is 2.46. The zero-order valence-electron chi connectivity index (χ0n) is 12.1. The number of carbonyl (C=O) groups excluding carboxylic acids is 2. The minimum absolute atomic E-state index is 0.0477. The van der Waals surface area contributed by atoms with Gasteiger partial charge in [0.05, 0.1) is 0 Å². The summed E-state index contributed by atoms with van der Waals surface area (Å²) in [5, 5.41) is 2.81. The predicted octanol–water partition coefficient (Wildman–Crippen LogP) is 3.27. The number of benzene rings is 1. The highest BCUT2D eigenvalue weighted by molar-refractivity contribution is 6.18. The second-order valence-corrected chi connectivity index (χ2v) is 5.65. The van der Waals surface area contributed by atoms with Crippen molar-refractivity contribution in [1.29, 1.82) is 0 Å². The summed E-state index contributed by atoms with van der Waals surface area (Å²) in [6.45, 7) is 1.65. The molecule has 0 saturated carbocycles. The molecule has 1 aromatic rings. The van der Waals surface area contributed by atoms with Gasteiger partial charge in [-0.25, -0.2) is 0 Å². The number of likely N-dealkylation sites (tertiary alicyclic amines) is 1. The van der Waals surface area contributed by atoms with Crippen LogP contribution in [-0.2, 0) is 4.79 Å². The van der Waals surface area contributed by atoms with Crippen molar-refractivity contribution < 1.29 is 9.59 Å². The van der Waals surface area contributed by atoms with Gasteiger partial charge in [0, 0.05) is 36.6 Å². The SMILES string of the molecule is O=C(CCCCl)Nc1cccc(C(=O)N2CCCCC2)c1. The second-order valence-electron chi connectivity index (χ2n) is 5.27. The fraction of sp³-hybridized carbons (Fsp3) is 0.500. The Kier molecular flexibility index (Phi) is 6.05. The van der Waals surface area contributed by atoms with Gasteiger partial charge in [-0.3, -0.25) is 9.59 Å². The second kappa shape index (κ2) is 8.03. The number of nitrogens with one attached hydrogen (secondary N) is 1. The van der Waals surface area contributed by atoms with E-state index in [2.05, 4.69) is 5.32 Å². The van der Waals surface area contributed by atoms with Gasteiger partial charge < -0.3 is 10.2 Å². The number of alkyl halides is 1. The van der Waals surface area contributed by atoms with Crippen LogP contribution in [0, 0.1) is 0 Å². The van der Waals surface area contributed by atoms with E-state index in [0.717, 1.165) is 25.9 Å². The first-order valence-corrected chi connectivity index (χ1v) is 7.99. The number of hydrogen-bond acceptors (Lipinski definition) is 2. The van der Waals surface area contributed by atoms with E-state index < -0.39 is 0 Å². The summed E-state index contributed by atoms with van der Waals surface area (Å²) in [5.41, 5.74) is 1.30. The summed E-state index contributed by atoms with van der Waals surface area (Å²) in [5.74, 6) is 0.450. The molecule has 1 aromatic carbocycles. The highest BCUT2D eigenvalue weighted by atomic mass is 35.5. The van der Waals surface area contributed by atoms with Gasteiger partial charge in [0.2, 0.25) is 5.91 Å². The average Bonchev–Trinajstić information content (AvgIpc) is 2.53. The summed E-state index contributed by atoms with van der Waals surface area (Å²) in [7, 11) is 0. The van der Waals surface area contributed by atoms with Gasteiger partial charge in [-0.05, 0) is 43.9 Å². The first kappa shape index (κ1) is 15.8. The van der Waals surface area contributed by atoms with Crippen LogP contribution >= 0.6 is 11.6 Å². The van der Waals surface area contributed by atoms with E-state index in [4.69, 9.17) is 11.6 Å². The number of halogens is 1. The Hall–Kier alpha value is -1.55. The third-order valence-corrected chi connectivity index (χ3v) is 3.84. The van der Waals surface area contributed by atoms with Crippen molar-refractivity contribution in [3.8, 4) is 0 Å². The zero-order chi connectivity index (χ0) is 15.1. The molecule has 114 valence electrons. The Bertz CT molecular complexity index is 499. The average molecular weight is 309 g/mol. The van der Waals surface area contributed by atoms with Gasteiger partial charge in [-0.2, -0.15) is 0 Å². The highest BCUT2D eigenvalue weighted by Gasteiger charge is 2.18. The molecule has 0 atom stereocenters. The lowest BCUT2D eigenvalue weighted by Gasteiger charge is -2.26. The normalized spacial score (nSPS) is 14.8. The lowest BCUT2D eigenvalue weighted by atomic mass is 10.1. The molecule has 1 aliphatic rings. The van der Waals surface area contributed by atoms with Gasteiger partial charge >= 0.3 is 0 Å². The van der Waals surface area contributed by atoms with Crippen molar-refractivity contribution in [2.75, 3.05) is 24.3 Å². The molecule has 2 rings (SSSR count). The molecule has 21 heavy (non-hydrogen) atoms. The molecule has 1 saturated heterocycles. The van der Waals surface area contributed by atoms with Gasteiger partial charge in [-0.1, -0.05) is 6.07 Å². The summed E-state index contributed by atoms with van der Waals surface area (Å²) in [6.07, 6.45) is 4.38. The minimum atomic E-state index is -0.0711. The van der Waals surface area contributed by atoms with E-state index >= 15 is 0 Å². The standard InChI is InChI=1S/C16H21ClN2O2/c17-9-5-8-15(20)18-14-7-4-6-13(12-14)16(21)19-10-2-1-3-11-19/h4,6-7,12H,1-3,5,8-11H2,(H,18,20). The molecule has 2 amide bonds. The van der Waals surface area contributed by atoms with Gasteiger partial charge in [-0.15, -0.1) is 11.6 Å². The van der Waals surface area contributed by atoms with Crippen LogP contribution in [0.5, 0.6) is 0 Å². The number of anilines is 1. The van der Waals surface area contributed by atoms with E-state index in [-0.39, 0.29) is 11.8 Å². The van der Waals surface area contributed by atoms with Gasteiger partial charge in [0.15, 0.2) is 0 Å². The quantitative estimate of drug-likeness (QED) is 0.849. The fourth-order valence-corrected chi connectivity index (χ4v) is 2.59. The molecular weight excluding hydrogens is 288 g/mol. The molecular formula is C16H21ClN2O2. The number of hydrogen-bond donors (Lipinski definition) is 1. The Balaban J connectivity index is 1.99. The van der Waals surface area contributed by atoms with E-state index in [9.17, 15) is 9.59 Å². The molecule has 1 N–H and O–H groups in total. The Morgan fingerprint density at radius 3 is 2.67 bits per heavy atom. The van der Waals surface area contributed by atoms with Crippen LogP contribution in [0.15, 0.2) is 24.3 Å². The van der Waals surface area contributed by atoms with Crippen LogP contribution in [-0.4, -0.2) is 35.7 Å². The van der Waals surface area contributed by atoms with Crippen molar-refractivity contribution in [2.24, 2.45) is 0 Å². The van der Waals surface area contributed by atoms with E-state index in [1.165, 1.54) is 6.42 Å². The van der Waals surface area contributed by atoms with E-state index in [0.29, 0.717) is 30.0 Å². The first-order valence-electron chi connectivity index (χ1n) is 7.46. The number of piperidine rings is 1. The van der Waals surface area contributed by atoms with Gasteiger partial charge in [0.25, 0.3) is 5.91 Å². The Labute approximate surface area is 130 Å². The topological polar surface area (TPSA) is 49.4 Å². The van der Waals surface area contributed by atoms with Crippen molar-refractivity contribution in [3.05, 3.63) is 29.8 Å². The third-order valence-electron chi connectivity index (χ3n) is 3.57. The Morgan fingerprint density at radius 2 is 1.95 bits per heavy atom. The molecule has 0 aliphatic carbocycles. The Morgan fingerprint density at radius 1 is 1.19 bits per heavy atom. The van der Waals surface area contributed by atoms with E-state index in [1.54, 1.807) is 24.3 Å². The summed E-state index contributed by atoms with van der Waals surface area (Å²) >= 11 is 5.57. The summed E-state index contributed by atoms with van der Waals surface area (Å²) < 4.78 is 0. The zero-order valence-corrected chi connectivity index (χ0v) is 12.9. The molecule has 0 bridgehead atoms. The first-order chi connectivity index (χ1) is 10.2. The minimum Gasteiger partial charge on any atom is -0.339 e. The van der Waals surface area contributed by atoms with Crippen LogP contribution in [0.3, 0.4) is 0 Å². The summed E-state index contributed by atoms with van der Waals surface area (Å²) in [6, 6.07) is 7.14. The summed E-state index contributed by atoms with van der Waals surface area (Å²) in [4.78, 5) is 26.0. The smallest absolute Gasteiger partial charge is 0.253 e. The third kappa shape index (κ3) is 4.74. The maximum absolute atomic E-state index is 12.4. The highest BCUT2D eigenvalue weighted by Crippen LogP contribution is 2.16. The van der Waals surface area contributed by atoms with Crippen molar-refractivity contribution in [1.82, 2.24) is 4.90 Å². The molecule has 1 fully saturated rings. The maximum Gasteiger partial charge on any atom is 0.253 e. The largest absolute Gasteiger partial charge is 0.339 e. The number of carbonyl (C=O) groups is 2. The van der Waals surface area contributed by atoms with Crippen LogP contribution in [0.2, 0.25) is 0 Å². The van der Waals surface area contributed by atoms with Crippen molar-refractivity contribution in [3.63, 3.8) is 0 Å². The molecule has 0 unspecified atom stereocenters. The van der Waals surface area contributed by atoms with Gasteiger partial charge in [0.1, 0.15) is 0 Å². The van der Waals surface area contributed by atoms with Crippen molar-refractivity contribution in [2.45, 2.75) is 32.1 Å². The molecule has 0 spiro atoms. The molecule has 4 nitrogen and oxygen atoms in total. The van der Waals surface area contributed by atoms with Crippen LogP contribution < -0.4 is 5.32 Å². The molecule has 5 heteroatoms. The monoisotopic (exact) mass is 308 g/mol. The molecule has 0 aromatic heterocycles. The lowest BCUT2D eigenvalue weighted by Crippen LogP contribution is -2.35. The van der Waals surface area contributed by atoms with Crippen LogP contribution in [0.25, 0.3) is 0 Å². The number of nitrogens with zero attached hydrogens (tertiary/aromatic N) is 1. The van der Waals surface area contributed by atoms with E-state index in [1.807, 2.05) is 4.90 Å². The molecule has 1 aliphatic heterocycles. The molecule has 1 heterocycles.